The summed E-state index contributed by atoms with van der Waals surface area (Å²) in [4.78, 5) is 12.6. The normalized spacial score (nSPS) is 14.1. The molecule has 0 saturated heterocycles. The number of aryl methyl sites for hydroxylation is 1. The number of fused-ring (bicyclic) bond motifs is 1. The second kappa shape index (κ2) is 9.09. The molecule has 2 aromatic carbocycles. The van der Waals surface area contributed by atoms with Crippen molar-refractivity contribution in [1.29, 1.82) is 5.26 Å². The SMILES string of the molecule is COCCNC(=O)C(C#N)=C1C=C(c2ccc(OC)cc2)Oc2ccc(C)cc21. The predicted octanol–water partition coefficient (Wildman–Crippen LogP) is 3.48. The molecular formula is C23H22N2O4. The summed E-state index contributed by atoms with van der Waals surface area (Å²) in [5.74, 6) is 1.43. The number of nitrogens with zero attached hydrogens (tertiary/aromatic N) is 1. The van der Waals surface area contributed by atoms with Crippen molar-refractivity contribution in [2.24, 2.45) is 0 Å². The Labute approximate surface area is 170 Å². The minimum absolute atomic E-state index is 0.0299. The van der Waals surface area contributed by atoms with Crippen LogP contribution < -0.4 is 14.8 Å². The van der Waals surface area contributed by atoms with Crippen LogP contribution in [0.1, 0.15) is 16.7 Å². The van der Waals surface area contributed by atoms with Crippen molar-refractivity contribution >= 4 is 17.2 Å². The van der Waals surface area contributed by atoms with E-state index in [1.165, 1.54) is 0 Å². The summed E-state index contributed by atoms with van der Waals surface area (Å²) in [6, 6.07) is 15.1. The molecule has 3 rings (SSSR count). The smallest absolute Gasteiger partial charge is 0.262 e. The first-order valence-electron chi connectivity index (χ1n) is 9.14. The Kier molecular flexibility index (Phi) is 6.32. The summed E-state index contributed by atoms with van der Waals surface area (Å²) in [5.41, 5.74) is 3.08. The number of ether oxygens (including phenoxy) is 3. The van der Waals surface area contributed by atoms with Crippen LogP contribution in [0, 0.1) is 18.3 Å². The van der Waals surface area contributed by atoms with Crippen molar-refractivity contribution in [2.75, 3.05) is 27.4 Å². The molecule has 29 heavy (non-hydrogen) atoms. The van der Waals surface area contributed by atoms with Crippen molar-refractivity contribution in [3.63, 3.8) is 0 Å². The Hall–Kier alpha value is -3.56. The Morgan fingerprint density at radius 1 is 1.17 bits per heavy atom. The van der Waals surface area contributed by atoms with Gasteiger partial charge in [0.1, 0.15) is 28.9 Å². The van der Waals surface area contributed by atoms with Gasteiger partial charge >= 0.3 is 0 Å². The molecule has 6 nitrogen and oxygen atoms in total. The summed E-state index contributed by atoms with van der Waals surface area (Å²) in [6.07, 6.45) is 1.73. The van der Waals surface area contributed by atoms with Gasteiger partial charge in [0.15, 0.2) is 0 Å². The lowest BCUT2D eigenvalue weighted by molar-refractivity contribution is -0.117. The van der Waals surface area contributed by atoms with Gasteiger partial charge < -0.3 is 19.5 Å². The van der Waals surface area contributed by atoms with Crippen molar-refractivity contribution in [3.8, 4) is 17.6 Å². The van der Waals surface area contributed by atoms with Crippen LogP contribution in [-0.4, -0.2) is 33.3 Å². The van der Waals surface area contributed by atoms with E-state index in [4.69, 9.17) is 14.2 Å². The molecule has 0 fully saturated rings. The lowest BCUT2D eigenvalue weighted by Gasteiger charge is -2.22. The highest BCUT2D eigenvalue weighted by Crippen LogP contribution is 2.39. The third-order valence-corrected chi connectivity index (χ3v) is 4.50. The highest BCUT2D eigenvalue weighted by molar-refractivity contribution is 6.09. The van der Waals surface area contributed by atoms with Gasteiger partial charge in [0.05, 0.1) is 13.7 Å². The molecule has 2 aromatic rings. The second-order valence-corrected chi connectivity index (χ2v) is 6.49. The van der Waals surface area contributed by atoms with Gasteiger partial charge in [-0.25, -0.2) is 0 Å². The quantitative estimate of drug-likeness (QED) is 0.464. The van der Waals surface area contributed by atoms with E-state index in [-0.39, 0.29) is 5.57 Å². The molecule has 0 aromatic heterocycles. The van der Waals surface area contributed by atoms with E-state index in [0.29, 0.717) is 35.8 Å². The molecule has 0 radical (unpaired) electrons. The average molecular weight is 390 g/mol. The number of nitriles is 1. The molecule has 6 heteroatoms. The van der Waals surface area contributed by atoms with Crippen LogP contribution in [0.3, 0.4) is 0 Å². The van der Waals surface area contributed by atoms with Gasteiger partial charge in [0.2, 0.25) is 0 Å². The van der Waals surface area contributed by atoms with Gasteiger partial charge in [0.25, 0.3) is 5.91 Å². The lowest BCUT2D eigenvalue weighted by atomic mass is 9.93. The fourth-order valence-electron chi connectivity index (χ4n) is 2.99. The van der Waals surface area contributed by atoms with Crippen molar-refractivity contribution < 1.29 is 19.0 Å². The maximum atomic E-state index is 12.6. The molecule has 1 heterocycles. The van der Waals surface area contributed by atoms with Crippen LogP contribution in [0.15, 0.2) is 54.1 Å². The molecule has 0 bridgehead atoms. The molecule has 148 valence electrons. The van der Waals surface area contributed by atoms with Gasteiger partial charge in [-0.1, -0.05) is 11.6 Å². The van der Waals surface area contributed by atoms with E-state index in [1.807, 2.05) is 49.4 Å². The minimum Gasteiger partial charge on any atom is -0.497 e. The predicted molar refractivity (Wildman–Crippen MR) is 110 cm³/mol. The number of methoxy groups -OCH3 is 2. The third-order valence-electron chi connectivity index (χ3n) is 4.50. The number of hydrogen-bond acceptors (Lipinski definition) is 5. The summed E-state index contributed by atoms with van der Waals surface area (Å²) in [6.45, 7) is 2.64. The molecule has 0 atom stereocenters. The monoisotopic (exact) mass is 390 g/mol. The average Bonchev–Trinajstić information content (AvgIpc) is 2.74. The van der Waals surface area contributed by atoms with E-state index in [0.717, 1.165) is 16.9 Å². The van der Waals surface area contributed by atoms with Gasteiger partial charge in [-0.2, -0.15) is 5.26 Å². The van der Waals surface area contributed by atoms with E-state index < -0.39 is 5.91 Å². The van der Waals surface area contributed by atoms with Crippen LogP contribution in [-0.2, 0) is 9.53 Å². The number of amides is 1. The van der Waals surface area contributed by atoms with E-state index >= 15 is 0 Å². The summed E-state index contributed by atoms with van der Waals surface area (Å²) in [5, 5.41) is 12.5. The molecule has 0 spiro atoms. The topological polar surface area (TPSA) is 80.6 Å². The standard InChI is InChI=1S/C23H22N2O4/c1-15-4-9-21-19(12-15)18(20(14-24)23(26)25-10-11-27-2)13-22(29-21)16-5-7-17(28-3)8-6-16/h4-9,12-13H,10-11H2,1-3H3,(H,25,26). The summed E-state index contributed by atoms with van der Waals surface area (Å²) >= 11 is 0. The number of carbonyl (C=O) groups excluding carboxylic acids is 1. The molecule has 0 saturated carbocycles. The van der Waals surface area contributed by atoms with E-state index in [2.05, 4.69) is 11.4 Å². The number of carbonyl (C=O) groups is 1. The molecule has 0 aliphatic carbocycles. The summed E-state index contributed by atoms with van der Waals surface area (Å²) in [7, 11) is 3.16. The molecule has 1 amide bonds. The number of hydrogen-bond donors (Lipinski definition) is 1. The molecular weight excluding hydrogens is 368 g/mol. The fourth-order valence-corrected chi connectivity index (χ4v) is 2.99. The Balaban J connectivity index is 2.09. The second-order valence-electron chi connectivity index (χ2n) is 6.49. The van der Waals surface area contributed by atoms with Crippen molar-refractivity contribution in [2.45, 2.75) is 6.92 Å². The van der Waals surface area contributed by atoms with Crippen LogP contribution in [0.4, 0.5) is 0 Å². The molecule has 0 unspecified atom stereocenters. The van der Waals surface area contributed by atoms with Crippen molar-refractivity contribution in [3.05, 3.63) is 70.8 Å². The summed E-state index contributed by atoms with van der Waals surface area (Å²) < 4.78 is 16.2. The van der Waals surface area contributed by atoms with Gasteiger partial charge in [-0.05, 0) is 49.4 Å². The Morgan fingerprint density at radius 3 is 2.59 bits per heavy atom. The number of allylic oxidation sites excluding steroid dienone is 2. The van der Waals surface area contributed by atoms with Crippen LogP contribution in [0.25, 0.3) is 11.3 Å². The van der Waals surface area contributed by atoms with Crippen LogP contribution in [0.2, 0.25) is 0 Å². The largest absolute Gasteiger partial charge is 0.497 e. The molecule has 1 aliphatic rings. The van der Waals surface area contributed by atoms with Gasteiger partial charge in [-0.15, -0.1) is 0 Å². The lowest BCUT2D eigenvalue weighted by Crippen LogP contribution is -2.28. The van der Waals surface area contributed by atoms with Crippen LogP contribution in [0.5, 0.6) is 11.5 Å². The van der Waals surface area contributed by atoms with Gasteiger partial charge in [0, 0.05) is 30.4 Å². The first-order valence-corrected chi connectivity index (χ1v) is 9.14. The molecule has 1 aliphatic heterocycles. The third kappa shape index (κ3) is 4.48. The highest BCUT2D eigenvalue weighted by atomic mass is 16.5. The first kappa shape index (κ1) is 20.2. The first-order chi connectivity index (χ1) is 14.1. The van der Waals surface area contributed by atoms with E-state index in [9.17, 15) is 10.1 Å². The van der Waals surface area contributed by atoms with Crippen LogP contribution >= 0.6 is 0 Å². The zero-order chi connectivity index (χ0) is 20.8. The maximum absolute atomic E-state index is 12.6. The van der Waals surface area contributed by atoms with Gasteiger partial charge in [-0.3, -0.25) is 4.79 Å². The Bertz CT molecular complexity index is 1010. The maximum Gasteiger partial charge on any atom is 0.262 e. The minimum atomic E-state index is -0.445. The number of rotatable bonds is 6. The number of benzene rings is 2. The van der Waals surface area contributed by atoms with Crippen molar-refractivity contribution in [1.82, 2.24) is 5.32 Å². The fraction of sp³-hybridized carbons (Fsp3) is 0.217. The highest BCUT2D eigenvalue weighted by Gasteiger charge is 2.24. The zero-order valence-corrected chi connectivity index (χ0v) is 16.6. The molecule has 1 N–H and O–H groups in total. The number of nitrogens with one attached hydrogen (secondary N) is 1. The Morgan fingerprint density at radius 2 is 1.93 bits per heavy atom. The zero-order valence-electron chi connectivity index (χ0n) is 16.6. The van der Waals surface area contributed by atoms with E-state index in [1.54, 1.807) is 20.3 Å².